The lowest BCUT2D eigenvalue weighted by atomic mass is 10.0. The van der Waals surface area contributed by atoms with E-state index in [4.69, 9.17) is 5.11 Å². The van der Waals surface area contributed by atoms with Crippen molar-refractivity contribution in [1.82, 2.24) is 9.97 Å². The summed E-state index contributed by atoms with van der Waals surface area (Å²) in [5.74, 6) is -0.262. The number of nitrogens with zero attached hydrogens (tertiary/aromatic N) is 1. The van der Waals surface area contributed by atoms with Gasteiger partial charge in [-0.3, -0.25) is 4.79 Å². The van der Waals surface area contributed by atoms with Crippen LogP contribution in [0.25, 0.3) is 11.3 Å². The second-order valence-corrected chi connectivity index (χ2v) is 5.97. The average Bonchev–Trinajstić information content (AvgIpc) is 2.69. The Labute approximate surface area is 126 Å². The molecule has 20 heavy (non-hydrogen) atoms. The Morgan fingerprint density at radius 1 is 1.35 bits per heavy atom. The fourth-order valence-corrected chi connectivity index (χ4v) is 2.58. The molecule has 106 valence electrons. The molecule has 2 aromatic rings. The molecule has 0 fully saturated rings. The van der Waals surface area contributed by atoms with Crippen molar-refractivity contribution in [2.75, 3.05) is 0 Å². The van der Waals surface area contributed by atoms with Gasteiger partial charge in [0, 0.05) is 5.56 Å². The molecular formula is C15H17BrN2O2. The summed E-state index contributed by atoms with van der Waals surface area (Å²) in [5.41, 5.74) is 3.50. The molecule has 0 atom stereocenters. The molecule has 0 aliphatic carbocycles. The van der Waals surface area contributed by atoms with Crippen LogP contribution in [0, 0.1) is 5.92 Å². The van der Waals surface area contributed by atoms with Crippen molar-refractivity contribution in [1.29, 1.82) is 0 Å². The smallest absolute Gasteiger partial charge is 0.309 e. The number of benzene rings is 1. The Hall–Kier alpha value is -1.62. The van der Waals surface area contributed by atoms with Gasteiger partial charge in [-0.2, -0.15) is 0 Å². The number of imidazole rings is 1. The van der Waals surface area contributed by atoms with Gasteiger partial charge in [-0.05, 0) is 33.8 Å². The fourth-order valence-electron chi connectivity index (χ4n) is 2.17. The van der Waals surface area contributed by atoms with Crippen LogP contribution in [0.4, 0.5) is 0 Å². The highest BCUT2D eigenvalue weighted by molar-refractivity contribution is 9.10. The molecule has 1 aromatic carbocycles. The number of hydrogen-bond donors (Lipinski definition) is 2. The number of carboxylic acids is 1. The Morgan fingerprint density at radius 2 is 2.00 bits per heavy atom. The SMILES string of the molecule is CC(C)Cc1ccc(-c2nc(Br)[nH]c2CC(=O)O)cc1. The molecule has 0 saturated carbocycles. The van der Waals surface area contributed by atoms with E-state index in [1.54, 1.807) is 0 Å². The number of halogens is 1. The van der Waals surface area contributed by atoms with Crippen molar-refractivity contribution in [2.24, 2.45) is 5.92 Å². The van der Waals surface area contributed by atoms with Gasteiger partial charge in [0.15, 0.2) is 4.73 Å². The number of hydrogen-bond acceptors (Lipinski definition) is 2. The first kappa shape index (κ1) is 14.8. The molecule has 0 saturated heterocycles. The molecule has 0 unspecified atom stereocenters. The Balaban J connectivity index is 2.29. The molecule has 0 aliphatic rings. The van der Waals surface area contributed by atoms with Gasteiger partial charge in [-0.25, -0.2) is 4.98 Å². The van der Waals surface area contributed by atoms with Crippen LogP contribution in [-0.4, -0.2) is 21.0 Å². The minimum atomic E-state index is -0.876. The zero-order valence-electron chi connectivity index (χ0n) is 11.5. The number of H-pyrrole nitrogens is 1. The number of nitrogens with one attached hydrogen (secondary N) is 1. The fraction of sp³-hybridized carbons (Fsp3) is 0.333. The molecule has 2 rings (SSSR count). The summed E-state index contributed by atoms with van der Waals surface area (Å²) in [7, 11) is 0. The van der Waals surface area contributed by atoms with Crippen LogP contribution in [0.15, 0.2) is 29.0 Å². The lowest BCUT2D eigenvalue weighted by Gasteiger charge is -2.06. The third-order valence-electron chi connectivity index (χ3n) is 2.95. The molecule has 2 N–H and O–H groups in total. The topological polar surface area (TPSA) is 66.0 Å². The van der Waals surface area contributed by atoms with E-state index in [9.17, 15) is 4.79 Å². The zero-order valence-corrected chi connectivity index (χ0v) is 13.1. The van der Waals surface area contributed by atoms with E-state index in [0.717, 1.165) is 12.0 Å². The van der Waals surface area contributed by atoms with Gasteiger partial charge in [0.1, 0.15) is 0 Å². The number of carboxylic acid groups (broad SMARTS) is 1. The van der Waals surface area contributed by atoms with Gasteiger partial charge in [-0.1, -0.05) is 38.1 Å². The molecular weight excluding hydrogens is 320 g/mol. The first-order chi connectivity index (χ1) is 9.45. The molecule has 0 aliphatic heterocycles. The van der Waals surface area contributed by atoms with Gasteiger partial charge in [0.2, 0.25) is 0 Å². The van der Waals surface area contributed by atoms with Crippen LogP contribution >= 0.6 is 15.9 Å². The summed E-state index contributed by atoms with van der Waals surface area (Å²) >= 11 is 3.26. The summed E-state index contributed by atoms with van der Waals surface area (Å²) < 4.78 is 0.551. The normalized spacial score (nSPS) is 11.0. The number of aliphatic carboxylic acids is 1. The number of rotatable bonds is 5. The summed E-state index contributed by atoms with van der Waals surface area (Å²) in [4.78, 5) is 18.1. The Bertz CT molecular complexity index is 603. The monoisotopic (exact) mass is 336 g/mol. The van der Waals surface area contributed by atoms with Crippen LogP contribution in [-0.2, 0) is 17.6 Å². The highest BCUT2D eigenvalue weighted by Gasteiger charge is 2.14. The number of carbonyl (C=O) groups is 1. The Kier molecular flexibility index (Phi) is 4.60. The van der Waals surface area contributed by atoms with E-state index in [2.05, 4.69) is 51.9 Å². The second-order valence-electron chi connectivity index (χ2n) is 5.22. The van der Waals surface area contributed by atoms with Gasteiger partial charge >= 0.3 is 5.97 Å². The summed E-state index contributed by atoms with van der Waals surface area (Å²) in [6.07, 6.45) is 0.966. The van der Waals surface area contributed by atoms with Gasteiger partial charge in [0.05, 0.1) is 17.8 Å². The minimum Gasteiger partial charge on any atom is -0.481 e. The summed E-state index contributed by atoms with van der Waals surface area (Å²) in [6, 6.07) is 8.13. The van der Waals surface area contributed by atoms with E-state index in [0.29, 0.717) is 22.0 Å². The van der Waals surface area contributed by atoms with Crippen molar-refractivity contribution in [3.8, 4) is 11.3 Å². The third-order valence-corrected chi connectivity index (χ3v) is 3.32. The van der Waals surface area contributed by atoms with E-state index < -0.39 is 5.97 Å². The Morgan fingerprint density at radius 3 is 2.55 bits per heavy atom. The average molecular weight is 337 g/mol. The quantitative estimate of drug-likeness (QED) is 0.875. The molecule has 5 heteroatoms. The lowest BCUT2D eigenvalue weighted by molar-refractivity contribution is -0.136. The van der Waals surface area contributed by atoms with Crippen molar-refractivity contribution < 1.29 is 9.90 Å². The molecule has 0 bridgehead atoms. The molecule has 0 radical (unpaired) electrons. The van der Waals surface area contributed by atoms with Crippen LogP contribution in [0.5, 0.6) is 0 Å². The summed E-state index contributed by atoms with van der Waals surface area (Å²) in [5, 5.41) is 8.93. The van der Waals surface area contributed by atoms with Crippen molar-refractivity contribution in [2.45, 2.75) is 26.7 Å². The highest BCUT2D eigenvalue weighted by Crippen LogP contribution is 2.25. The van der Waals surface area contributed by atoms with Crippen LogP contribution in [0.1, 0.15) is 25.1 Å². The van der Waals surface area contributed by atoms with Gasteiger partial charge < -0.3 is 10.1 Å². The van der Waals surface area contributed by atoms with E-state index in [1.807, 2.05) is 12.1 Å². The molecule has 1 heterocycles. The first-order valence-corrected chi connectivity index (χ1v) is 7.30. The first-order valence-electron chi connectivity index (χ1n) is 6.51. The predicted molar refractivity (Wildman–Crippen MR) is 81.6 cm³/mol. The van der Waals surface area contributed by atoms with E-state index >= 15 is 0 Å². The highest BCUT2D eigenvalue weighted by atomic mass is 79.9. The maximum Gasteiger partial charge on any atom is 0.309 e. The molecule has 1 aromatic heterocycles. The predicted octanol–water partition coefficient (Wildman–Crippen LogP) is 3.66. The number of aromatic nitrogens is 2. The second kappa shape index (κ2) is 6.22. The van der Waals surface area contributed by atoms with Gasteiger partial charge in [-0.15, -0.1) is 0 Å². The molecule has 4 nitrogen and oxygen atoms in total. The summed E-state index contributed by atoms with van der Waals surface area (Å²) in [6.45, 7) is 4.37. The van der Waals surface area contributed by atoms with E-state index in [-0.39, 0.29) is 6.42 Å². The maximum atomic E-state index is 10.9. The van der Waals surface area contributed by atoms with Crippen LogP contribution in [0.2, 0.25) is 0 Å². The van der Waals surface area contributed by atoms with E-state index in [1.165, 1.54) is 5.56 Å². The zero-order chi connectivity index (χ0) is 14.7. The standard InChI is InChI=1S/C15H17BrN2O2/c1-9(2)7-10-3-5-11(6-4-10)14-12(8-13(19)20)17-15(16)18-14/h3-6,9H,7-8H2,1-2H3,(H,17,18)(H,19,20). The van der Waals surface area contributed by atoms with Crippen molar-refractivity contribution in [3.63, 3.8) is 0 Å². The van der Waals surface area contributed by atoms with Gasteiger partial charge in [0.25, 0.3) is 0 Å². The van der Waals surface area contributed by atoms with Crippen LogP contribution < -0.4 is 0 Å². The maximum absolute atomic E-state index is 10.9. The lowest BCUT2D eigenvalue weighted by Crippen LogP contribution is -2.02. The molecule has 0 spiro atoms. The van der Waals surface area contributed by atoms with Crippen LogP contribution in [0.3, 0.4) is 0 Å². The third kappa shape index (κ3) is 3.70. The number of aromatic amines is 1. The van der Waals surface area contributed by atoms with Crippen molar-refractivity contribution >= 4 is 21.9 Å². The minimum absolute atomic E-state index is 0.0678. The van der Waals surface area contributed by atoms with Crippen molar-refractivity contribution in [3.05, 3.63) is 40.3 Å². The largest absolute Gasteiger partial charge is 0.481 e. The molecule has 0 amide bonds.